The van der Waals surface area contributed by atoms with Gasteiger partial charge in [-0.2, -0.15) is 13.2 Å². The summed E-state index contributed by atoms with van der Waals surface area (Å²) in [6, 6.07) is 5.10. The topological polar surface area (TPSA) is 58.3 Å². The van der Waals surface area contributed by atoms with E-state index in [0.717, 1.165) is 23.5 Å². The molecule has 25 heavy (non-hydrogen) atoms. The number of aryl methyl sites for hydroxylation is 1. The van der Waals surface area contributed by atoms with Gasteiger partial charge in [0.05, 0.1) is 12.1 Å². The smallest absolute Gasteiger partial charge is 0.349 e. The molecule has 0 radical (unpaired) electrons. The highest BCUT2D eigenvalue weighted by Gasteiger charge is 2.29. The molecule has 0 fully saturated rings. The zero-order valence-electron chi connectivity index (χ0n) is 14.1. The van der Waals surface area contributed by atoms with Gasteiger partial charge in [-0.15, -0.1) is 34.2 Å². The maximum Gasteiger partial charge on any atom is 0.416 e. The minimum atomic E-state index is -4.32. The summed E-state index contributed by atoms with van der Waals surface area (Å²) in [5.41, 5.74) is 0.103. The van der Waals surface area contributed by atoms with Crippen LogP contribution in [0.4, 0.5) is 13.2 Å². The fraction of sp³-hybridized carbons (Fsp3) is 0.400. The van der Waals surface area contributed by atoms with Crippen molar-refractivity contribution in [3.05, 3.63) is 47.5 Å². The van der Waals surface area contributed by atoms with E-state index in [1.54, 1.807) is 17.9 Å². The molecule has 0 aliphatic heterocycles. The molecule has 0 atom stereocenters. The molecule has 0 unspecified atom stereocenters. The molecule has 0 aliphatic rings. The SMILES string of the molecule is CN=C(NCc1nncn1C)N(C)Cc1ccc(C(F)(F)F)cc1.I. The van der Waals surface area contributed by atoms with E-state index in [9.17, 15) is 13.2 Å². The molecule has 0 bridgehead atoms. The number of benzene rings is 1. The van der Waals surface area contributed by atoms with E-state index in [2.05, 4.69) is 20.5 Å². The summed E-state index contributed by atoms with van der Waals surface area (Å²) in [6.45, 7) is 0.872. The van der Waals surface area contributed by atoms with E-state index in [4.69, 9.17) is 0 Å². The highest BCUT2D eigenvalue weighted by molar-refractivity contribution is 14.0. The second-order valence-corrected chi connectivity index (χ2v) is 5.31. The Kier molecular flexibility index (Phi) is 7.64. The van der Waals surface area contributed by atoms with E-state index in [1.807, 2.05) is 19.0 Å². The Hall–Kier alpha value is -1.85. The first kappa shape index (κ1) is 21.2. The van der Waals surface area contributed by atoms with Crippen LogP contribution < -0.4 is 5.32 Å². The van der Waals surface area contributed by atoms with E-state index in [0.29, 0.717) is 19.0 Å². The lowest BCUT2D eigenvalue weighted by Gasteiger charge is -2.22. The van der Waals surface area contributed by atoms with Gasteiger partial charge in [-0.1, -0.05) is 12.1 Å². The number of alkyl halides is 3. The number of aromatic nitrogens is 3. The Morgan fingerprint density at radius 2 is 1.92 bits per heavy atom. The molecule has 1 aromatic carbocycles. The first-order chi connectivity index (χ1) is 11.3. The minimum Gasteiger partial charge on any atom is -0.349 e. The largest absolute Gasteiger partial charge is 0.416 e. The Morgan fingerprint density at radius 3 is 2.40 bits per heavy atom. The fourth-order valence-corrected chi connectivity index (χ4v) is 2.16. The molecule has 0 saturated carbocycles. The van der Waals surface area contributed by atoms with Gasteiger partial charge in [0.1, 0.15) is 6.33 Å². The number of hydrogen-bond donors (Lipinski definition) is 1. The van der Waals surface area contributed by atoms with Gasteiger partial charge in [0.2, 0.25) is 0 Å². The Bertz CT molecular complexity index is 696. The second kappa shape index (κ2) is 9.02. The highest BCUT2D eigenvalue weighted by Crippen LogP contribution is 2.29. The zero-order chi connectivity index (χ0) is 17.7. The standard InChI is InChI=1S/C15H19F3N6.HI/c1-19-14(20-8-13-22-21-10-24(13)3)23(2)9-11-4-6-12(7-5-11)15(16,17)18;/h4-7,10H,8-9H2,1-3H3,(H,19,20);1H. The van der Waals surface area contributed by atoms with Gasteiger partial charge in [-0.3, -0.25) is 4.99 Å². The molecule has 1 heterocycles. The number of aliphatic imine (C=N–C) groups is 1. The van der Waals surface area contributed by atoms with Crippen LogP contribution in [0.1, 0.15) is 17.0 Å². The molecule has 1 aromatic heterocycles. The van der Waals surface area contributed by atoms with Crippen molar-refractivity contribution < 1.29 is 13.2 Å². The van der Waals surface area contributed by atoms with Gasteiger partial charge < -0.3 is 14.8 Å². The van der Waals surface area contributed by atoms with E-state index in [-0.39, 0.29) is 24.0 Å². The van der Waals surface area contributed by atoms with Gasteiger partial charge in [0.15, 0.2) is 11.8 Å². The van der Waals surface area contributed by atoms with Crippen LogP contribution in [0.15, 0.2) is 35.6 Å². The van der Waals surface area contributed by atoms with Crippen molar-refractivity contribution in [2.24, 2.45) is 12.0 Å². The quantitative estimate of drug-likeness (QED) is 0.426. The fourth-order valence-electron chi connectivity index (χ4n) is 2.16. The third-order valence-electron chi connectivity index (χ3n) is 3.48. The molecule has 10 heteroatoms. The number of halogens is 4. The van der Waals surface area contributed by atoms with E-state index < -0.39 is 11.7 Å². The summed E-state index contributed by atoms with van der Waals surface area (Å²) in [6.07, 6.45) is -2.72. The van der Waals surface area contributed by atoms with Crippen LogP contribution in [0.2, 0.25) is 0 Å². The predicted octanol–water partition coefficient (Wildman–Crippen LogP) is 2.66. The number of guanidine groups is 1. The van der Waals surface area contributed by atoms with Crippen LogP contribution in [-0.2, 0) is 26.3 Å². The summed E-state index contributed by atoms with van der Waals surface area (Å²) in [7, 11) is 5.29. The maximum absolute atomic E-state index is 12.6. The first-order valence-electron chi connectivity index (χ1n) is 7.22. The van der Waals surface area contributed by atoms with Crippen molar-refractivity contribution in [3.63, 3.8) is 0 Å². The third-order valence-corrected chi connectivity index (χ3v) is 3.48. The van der Waals surface area contributed by atoms with E-state index in [1.165, 1.54) is 12.1 Å². The van der Waals surface area contributed by atoms with Crippen molar-refractivity contribution in [3.8, 4) is 0 Å². The van der Waals surface area contributed by atoms with Crippen molar-refractivity contribution in [2.75, 3.05) is 14.1 Å². The van der Waals surface area contributed by atoms with Crippen LogP contribution >= 0.6 is 24.0 Å². The van der Waals surface area contributed by atoms with Gasteiger partial charge in [0.25, 0.3) is 0 Å². The number of hydrogen-bond acceptors (Lipinski definition) is 3. The molecule has 6 nitrogen and oxygen atoms in total. The molecular formula is C15H20F3IN6. The third kappa shape index (κ3) is 5.87. The molecule has 1 N–H and O–H groups in total. The van der Waals surface area contributed by atoms with Gasteiger partial charge in [0, 0.05) is 27.7 Å². The lowest BCUT2D eigenvalue weighted by molar-refractivity contribution is -0.137. The van der Waals surface area contributed by atoms with Crippen molar-refractivity contribution in [1.82, 2.24) is 25.0 Å². The minimum absolute atomic E-state index is 0. The molecule has 0 saturated heterocycles. The van der Waals surface area contributed by atoms with Crippen LogP contribution in [0.3, 0.4) is 0 Å². The van der Waals surface area contributed by atoms with Crippen molar-refractivity contribution in [1.29, 1.82) is 0 Å². The molecular weight excluding hydrogens is 448 g/mol. The Labute approximate surface area is 161 Å². The molecule has 2 rings (SSSR count). The number of rotatable bonds is 4. The summed E-state index contributed by atoms with van der Waals surface area (Å²) < 4.78 is 39.5. The molecule has 0 amide bonds. The lowest BCUT2D eigenvalue weighted by Crippen LogP contribution is -2.38. The van der Waals surface area contributed by atoms with Crippen LogP contribution in [0.25, 0.3) is 0 Å². The first-order valence-corrected chi connectivity index (χ1v) is 7.22. The van der Waals surface area contributed by atoms with Gasteiger partial charge in [-0.25, -0.2) is 0 Å². The molecule has 0 aliphatic carbocycles. The molecule has 2 aromatic rings. The average Bonchev–Trinajstić information content (AvgIpc) is 2.93. The van der Waals surface area contributed by atoms with Crippen LogP contribution in [0.5, 0.6) is 0 Å². The molecule has 0 spiro atoms. The monoisotopic (exact) mass is 468 g/mol. The van der Waals surface area contributed by atoms with Crippen LogP contribution in [-0.4, -0.2) is 39.7 Å². The number of nitrogens with zero attached hydrogens (tertiary/aromatic N) is 5. The molecule has 138 valence electrons. The van der Waals surface area contributed by atoms with Crippen molar-refractivity contribution in [2.45, 2.75) is 19.3 Å². The second-order valence-electron chi connectivity index (χ2n) is 5.31. The summed E-state index contributed by atoms with van der Waals surface area (Å²) in [4.78, 5) is 5.98. The summed E-state index contributed by atoms with van der Waals surface area (Å²) >= 11 is 0. The Balaban J connectivity index is 0.00000312. The predicted molar refractivity (Wildman–Crippen MR) is 99.5 cm³/mol. The highest BCUT2D eigenvalue weighted by atomic mass is 127. The Morgan fingerprint density at radius 1 is 1.28 bits per heavy atom. The average molecular weight is 468 g/mol. The van der Waals surface area contributed by atoms with Gasteiger partial charge >= 0.3 is 6.18 Å². The normalized spacial score (nSPS) is 11.8. The van der Waals surface area contributed by atoms with Crippen LogP contribution in [0, 0.1) is 0 Å². The summed E-state index contributed by atoms with van der Waals surface area (Å²) in [5.74, 6) is 1.36. The zero-order valence-corrected chi connectivity index (χ0v) is 16.4. The summed E-state index contributed by atoms with van der Waals surface area (Å²) in [5, 5.41) is 10.9. The number of nitrogens with one attached hydrogen (secondary N) is 1. The van der Waals surface area contributed by atoms with Crippen molar-refractivity contribution >= 4 is 29.9 Å². The lowest BCUT2D eigenvalue weighted by atomic mass is 10.1. The van der Waals surface area contributed by atoms with E-state index >= 15 is 0 Å². The maximum atomic E-state index is 12.6. The van der Waals surface area contributed by atoms with Gasteiger partial charge in [-0.05, 0) is 17.7 Å².